The lowest BCUT2D eigenvalue weighted by Gasteiger charge is -2.24. The predicted octanol–water partition coefficient (Wildman–Crippen LogP) is 1.79. The van der Waals surface area contributed by atoms with Crippen molar-refractivity contribution < 1.29 is 0 Å². The number of anilines is 1. The molecule has 0 saturated heterocycles. The molecule has 5 heteroatoms. The average Bonchev–Trinajstić information content (AvgIpc) is 2.90. The Balaban J connectivity index is 1.89. The molecule has 0 amide bonds. The van der Waals surface area contributed by atoms with Gasteiger partial charge in [0.05, 0.1) is 6.20 Å². The van der Waals surface area contributed by atoms with E-state index in [1.807, 2.05) is 24.1 Å². The summed E-state index contributed by atoms with van der Waals surface area (Å²) in [5.74, 6) is 1.02. The largest absolute Gasteiger partial charge is 0.355 e. The molecule has 3 rings (SSSR count). The zero-order valence-corrected chi connectivity index (χ0v) is 12.8. The van der Waals surface area contributed by atoms with Crippen LogP contribution in [0.1, 0.15) is 35.2 Å². The fourth-order valence-corrected chi connectivity index (χ4v) is 3.05. The second-order valence-electron chi connectivity index (χ2n) is 5.87. The Hall–Kier alpha value is -1.88. The van der Waals surface area contributed by atoms with E-state index in [0.717, 1.165) is 30.8 Å². The van der Waals surface area contributed by atoms with E-state index in [0.29, 0.717) is 6.54 Å². The molecule has 0 unspecified atom stereocenters. The van der Waals surface area contributed by atoms with Gasteiger partial charge in [-0.05, 0) is 37.3 Å². The van der Waals surface area contributed by atoms with E-state index in [2.05, 4.69) is 23.1 Å². The molecule has 1 aliphatic rings. The van der Waals surface area contributed by atoms with Crippen molar-refractivity contribution >= 4 is 5.82 Å². The average molecular weight is 285 g/mol. The summed E-state index contributed by atoms with van der Waals surface area (Å²) in [6.45, 7) is 1.33. The minimum Gasteiger partial charge on any atom is -0.355 e. The molecular formula is C16H23N5. The number of fused-ring (bicyclic) bond motifs is 1. The van der Waals surface area contributed by atoms with Gasteiger partial charge in [0.2, 0.25) is 0 Å². The molecule has 1 aliphatic carbocycles. The molecule has 21 heavy (non-hydrogen) atoms. The van der Waals surface area contributed by atoms with E-state index in [9.17, 15) is 0 Å². The number of hydrogen-bond acceptors (Lipinski definition) is 4. The van der Waals surface area contributed by atoms with E-state index < -0.39 is 0 Å². The van der Waals surface area contributed by atoms with Gasteiger partial charge in [0, 0.05) is 50.2 Å². The molecule has 2 aromatic heterocycles. The predicted molar refractivity (Wildman–Crippen MR) is 84.1 cm³/mol. The normalized spacial score (nSPS) is 14.0. The summed E-state index contributed by atoms with van der Waals surface area (Å²) in [7, 11) is 4.01. The van der Waals surface area contributed by atoms with Crippen molar-refractivity contribution in [3.05, 3.63) is 40.8 Å². The molecule has 0 aromatic carbocycles. The summed E-state index contributed by atoms with van der Waals surface area (Å²) in [5.41, 5.74) is 10.9. The SMILES string of the molecule is CN(Cc1cnn(C)c1)c1nc2c(cc1CN)CCCC2. The molecule has 0 radical (unpaired) electrons. The summed E-state index contributed by atoms with van der Waals surface area (Å²) >= 11 is 0. The van der Waals surface area contributed by atoms with E-state index in [1.165, 1.54) is 29.7 Å². The Kier molecular flexibility index (Phi) is 3.92. The monoisotopic (exact) mass is 285 g/mol. The lowest BCUT2D eigenvalue weighted by atomic mass is 9.94. The van der Waals surface area contributed by atoms with Crippen LogP contribution < -0.4 is 10.6 Å². The highest BCUT2D eigenvalue weighted by Gasteiger charge is 2.17. The van der Waals surface area contributed by atoms with Crippen LogP contribution >= 0.6 is 0 Å². The number of nitrogens with two attached hydrogens (primary N) is 1. The lowest BCUT2D eigenvalue weighted by Crippen LogP contribution is -2.22. The van der Waals surface area contributed by atoms with E-state index in [1.54, 1.807) is 0 Å². The van der Waals surface area contributed by atoms with Gasteiger partial charge < -0.3 is 10.6 Å². The van der Waals surface area contributed by atoms with Crippen LogP contribution in [0.15, 0.2) is 18.5 Å². The first kappa shape index (κ1) is 14.1. The molecular weight excluding hydrogens is 262 g/mol. The second kappa shape index (κ2) is 5.85. The second-order valence-corrected chi connectivity index (χ2v) is 5.87. The summed E-state index contributed by atoms with van der Waals surface area (Å²) in [4.78, 5) is 7.08. The third-order valence-electron chi connectivity index (χ3n) is 4.12. The molecule has 0 bridgehead atoms. The molecule has 5 nitrogen and oxygen atoms in total. The number of aromatic nitrogens is 3. The summed E-state index contributed by atoms with van der Waals surface area (Å²) in [5, 5.41) is 4.22. The Labute approximate surface area is 125 Å². The Morgan fingerprint density at radius 3 is 2.86 bits per heavy atom. The number of nitrogens with zero attached hydrogens (tertiary/aromatic N) is 4. The Bertz CT molecular complexity index is 632. The van der Waals surface area contributed by atoms with Gasteiger partial charge in [-0.1, -0.05) is 0 Å². The van der Waals surface area contributed by atoms with Gasteiger partial charge in [-0.2, -0.15) is 5.10 Å². The Morgan fingerprint density at radius 1 is 1.33 bits per heavy atom. The molecule has 0 atom stereocenters. The van der Waals surface area contributed by atoms with Crippen LogP contribution in [0.5, 0.6) is 0 Å². The van der Waals surface area contributed by atoms with Crippen LogP contribution in [0.4, 0.5) is 5.82 Å². The van der Waals surface area contributed by atoms with E-state index in [-0.39, 0.29) is 0 Å². The molecule has 0 spiro atoms. The fourth-order valence-electron chi connectivity index (χ4n) is 3.05. The molecule has 0 fully saturated rings. The van der Waals surface area contributed by atoms with Crippen LogP contribution in [0.2, 0.25) is 0 Å². The van der Waals surface area contributed by atoms with Crippen LogP contribution in [0.25, 0.3) is 0 Å². The summed E-state index contributed by atoms with van der Waals surface area (Å²) in [6, 6.07) is 2.26. The van der Waals surface area contributed by atoms with Crippen molar-refractivity contribution in [1.82, 2.24) is 14.8 Å². The van der Waals surface area contributed by atoms with Crippen molar-refractivity contribution in [2.24, 2.45) is 12.8 Å². The minimum absolute atomic E-state index is 0.535. The standard InChI is InChI=1S/C16H23N5/c1-20(10-12-9-18-21(2)11-12)16-14(8-17)7-13-5-3-4-6-15(13)19-16/h7,9,11H,3-6,8,10,17H2,1-2H3. The third-order valence-corrected chi connectivity index (χ3v) is 4.12. The van der Waals surface area contributed by atoms with Crippen molar-refractivity contribution in [2.45, 2.75) is 38.8 Å². The number of aryl methyl sites for hydroxylation is 3. The first-order valence-corrected chi connectivity index (χ1v) is 7.58. The van der Waals surface area contributed by atoms with Gasteiger partial charge >= 0.3 is 0 Å². The summed E-state index contributed by atoms with van der Waals surface area (Å²) < 4.78 is 1.83. The lowest BCUT2D eigenvalue weighted by molar-refractivity contribution is 0.663. The van der Waals surface area contributed by atoms with Gasteiger partial charge in [-0.3, -0.25) is 4.68 Å². The number of rotatable bonds is 4. The highest BCUT2D eigenvalue weighted by molar-refractivity contribution is 5.50. The molecule has 0 saturated carbocycles. The first-order chi connectivity index (χ1) is 10.2. The molecule has 2 aromatic rings. The molecule has 2 N–H and O–H groups in total. The quantitative estimate of drug-likeness (QED) is 0.930. The van der Waals surface area contributed by atoms with Gasteiger partial charge in [-0.15, -0.1) is 0 Å². The maximum atomic E-state index is 5.94. The van der Waals surface area contributed by atoms with Gasteiger partial charge in [-0.25, -0.2) is 4.98 Å². The molecule has 112 valence electrons. The topological polar surface area (TPSA) is 60.0 Å². The van der Waals surface area contributed by atoms with Crippen LogP contribution in [-0.2, 0) is 33.0 Å². The van der Waals surface area contributed by atoms with E-state index >= 15 is 0 Å². The highest BCUT2D eigenvalue weighted by Crippen LogP contribution is 2.26. The van der Waals surface area contributed by atoms with Gasteiger partial charge in [0.1, 0.15) is 5.82 Å². The molecule has 2 heterocycles. The maximum absolute atomic E-state index is 5.94. The fraction of sp³-hybridized carbons (Fsp3) is 0.500. The van der Waals surface area contributed by atoms with Crippen molar-refractivity contribution in [2.75, 3.05) is 11.9 Å². The smallest absolute Gasteiger partial charge is 0.133 e. The van der Waals surface area contributed by atoms with Gasteiger partial charge in [0.25, 0.3) is 0 Å². The van der Waals surface area contributed by atoms with Crippen molar-refractivity contribution in [3.8, 4) is 0 Å². The van der Waals surface area contributed by atoms with Crippen LogP contribution in [0, 0.1) is 0 Å². The van der Waals surface area contributed by atoms with Crippen molar-refractivity contribution in [3.63, 3.8) is 0 Å². The third kappa shape index (κ3) is 2.93. The zero-order chi connectivity index (χ0) is 14.8. The minimum atomic E-state index is 0.535. The Morgan fingerprint density at radius 2 is 2.14 bits per heavy atom. The zero-order valence-electron chi connectivity index (χ0n) is 12.8. The number of pyridine rings is 1. The van der Waals surface area contributed by atoms with E-state index in [4.69, 9.17) is 10.7 Å². The molecule has 0 aliphatic heterocycles. The van der Waals surface area contributed by atoms with Crippen molar-refractivity contribution in [1.29, 1.82) is 0 Å². The highest BCUT2D eigenvalue weighted by atomic mass is 15.2. The summed E-state index contributed by atoms with van der Waals surface area (Å²) in [6.07, 6.45) is 8.68. The number of hydrogen-bond donors (Lipinski definition) is 1. The van der Waals surface area contributed by atoms with Crippen LogP contribution in [0.3, 0.4) is 0 Å². The maximum Gasteiger partial charge on any atom is 0.133 e. The first-order valence-electron chi connectivity index (χ1n) is 7.58. The van der Waals surface area contributed by atoms with Gasteiger partial charge in [0.15, 0.2) is 0 Å². The van der Waals surface area contributed by atoms with Crippen LogP contribution in [-0.4, -0.2) is 21.8 Å².